The standard InChI is InChI=1S/C24H28N4O7S/c1-27(2)36(33,34)16-6-4-14(5-7-16)18-12-15-13-20(30)25-22(15)21-17(18)8-10-28(3)23(21)26-35-19(9-11-29)24(31)32/h4-7,12-13,17,19,29H,8-11H2,1-3H3,(H,25,30)(H,31,32)/t17?,19-/m1/s1. The number of aliphatic carboxylic acids is 1. The van der Waals surface area contributed by atoms with Gasteiger partial charge >= 0.3 is 5.97 Å². The second-order valence-corrected chi connectivity index (χ2v) is 11.1. The number of piperidine rings is 1. The number of carbonyl (C=O) groups excluding carboxylic acids is 1. The Hall–Kier alpha value is -3.48. The van der Waals surface area contributed by atoms with Gasteiger partial charge in [0, 0.05) is 63.9 Å². The van der Waals surface area contributed by atoms with Crippen LogP contribution in [0.25, 0.3) is 5.57 Å². The number of carboxylic acids is 1. The molecule has 1 aromatic rings. The molecule has 4 rings (SSSR count). The van der Waals surface area contributed by atoms with Gasteiger partial charge in [0.2, 0.25) is 22.0 Å². The predicted molar refractivity (Wildman–Crippen MR) is 131 cm³/mol. The number of nitrogens with zero attached hydrogens (tertiary/aromatic N) is 3. The summed E-state index contributed by atoms with van der Waals surface area (Å²) in [6.07, 6.45) is 2.62. The van der Waals surface area contributed by atoms with Crippen LogP contribution in [-0.2, 0) is 24.4 Å². The van der Waals surface area contributed by atoms with E-state index < -0.39 is 22.1 Å². The number of sulfonamides is 1. The van der Waals surface area contributed by atoms with Gasteiger partial charge in [-0.1, -0.05) is 17.3 Å². The maximum absolute atomic E-state index is 12.5. The number of nitrogens with one attached hydrogen (secondary N) is 1. The normalized spacial score (nSPS) is 21.6. The quantitative estimate of drug-likeness (QED) is 0.429. The molecule has 12 heteroatoms. The van der Waals surface area contributed by atoms with Gasteiger partial charge in [-0.05, 0) is 35.8 Å². The summed E-state index contributed by atoms with van der Waals surface area (Å²) in [6.45, 7) is 0.211. The fraction of sp³-hybridized carbons (Fsp3) is 0.375. The molecular formula is C24H28N4O7S. The van der Waals surface area contributed by atoms with Crippen molar-refractivity contribution >= 4 is 33.3 Å². The van der Waals surface area contributed by atoms with E-state index in [1.165, 1.54) is 20.2 Å². The van der Waals surface area contributed by atoms with Crippen LogP contribution >= 0.6 is 0 Å². The lowest BCUT2D eigenvalue weighted by molar-refractivity contribution is -0.151. The van der Waals surface area contributed by atoms with E-state index in [0.717, 1.165) is 15.4 Å². The number of carbonyl (C=O) groups is 2. The molecule has 3 aliphatic rings. The number of hydrogen-bond donors (Lipinski definition) is 3. The van der Waals surface area contributed by atoms with Gasteiger partial charge in [0.1, 0.15) is 0 Å². The Kier molecular flexibility index (Phi) is 7.03. The summed E-state index contributed by atoms with van der Waals surface area (Å²) in [5.74, 6) is -1.34. The molecule has 11 nitrogen and oxygen atoms in total. The largest absolute Gasteiger partial charge is 0.478 e. The molecule has 0 spiro atoms. The first-order chi connectivity index (χ1) is 17.0. The molecule has 36 heavy (non-hydrogen) atoms. The zero-order valence-electron chi connectivity index (χ0n) is 20.1. The molecule has 1 aromatic carbocycles. The van der Waals surface area contributed by atoms with E-state index in [9.17, 15) is 23.1 Å². The van der Waals surface area contributed by atoms with E-state index in [4.69, 9.17) is 9.94 Å². The summed E-state index contributed by atoms with van der Waals surface area (Å²) in [5.41, 5.74) is 3.61. The monoisotopic (exact) mass is 516 g/mol. The predicted octanol–water partition coefficient (Wildman–Crippen LogP) is 0.762. The number of likely N-dealkylation sites (tertiary alicyclic amines) is 1. The van der Waals surface area contributed by atoms with Gasteiger partial charge in [0.05, 0.1) is 10.6 Å². The highest BCUT2D eigenvalue weighted by Gasteiger charge is 2.39. The molecule has 1 saturated heterocycles. The highest BCUT2D eigenvalue weighted by molar-refractivity contribution is 7.89. The molecule has 2 atom stereocenters. The average Bonchev–Trinajstić information content (AvgIpc) is 3.21. The maximum atomic E-state index is 12.5. The summed E-state index contributed by atoms with van der Waals surface area (Å²) < 4.78 is 26.1. The number of likely N-dealkylation sites (N-methyl/N-ethyl adjacent to an activating group) is 1. The van der Waals surface area contributed by atoms with Crippen LogP contribution in [0, 0.1) is 5.92 Å². The van der Waals surface area contributed by atoms with Gasteiger partial charge in [-0.2, -0.15) is 0 Å². The van der Waals surface area contributed by atoms with E-state index in [0.29, 0.717) is 35.6 Å². The Morgan fingerprint density at radius 3 is 2.58 bits per heavy atom. The Morgan fingerprint density at radius 1 is 1.28 bits per heavy atom. The van der Waals surface area contributed by atoms with Gasteiger partial charge in [-0.3, -0.25) is 4.79 Å². The van der Waals surface area contributed by atoms with Crippen molar-refractivity contribution in [3.05, 3.63) is 58.8 Å². The SMILES string of the molecule is CN1CCC2C(c3ccc(S(=O)(=O)N(C)C)cc3)=CC3=CC(=O)NC3=C2C1=NO[C@H](CCO)C(=O)O. The van der Waals surface area contributed by atoms with Gasteiger partial charge < -0.3 is 25.3 Å². The fourth-order valence-corrected chi connectivity index (χ4v) is 5.37. The molecule has 0 bridgehead atoms. The number of allylic oxidation sites excluding steroid dienone is 2. The Bertz CT molecular complexity index is 1310. The lowest BCUT2D eigenvalue weighted by Gasteiger charge is -2.38. The van der Waals surface area contributed by atoms with E-state index >= 15 is 0 Å². The number of amides is 1. The number of aliphatic hydroxyl groups excluding tert-OH is 1. The van der Waals surface area contributed by atoms with Crippen LogP contribution in [0.3, 0.4) is 0 Å². The molecule has 0 saturated carbocycles. The molecule has 1 fully saturated rings. The molecule has 0 radical (unpaired) electrons. The third kappa shape index (κ3) is 4.66. The van der Waals surface area contributed by atoms with E-state index in [1.807, 2.05) is 11.0 Å². The van der Waals surface area contributed by atoms with Crippen LogP contribution in [0.15, 0.2) is 63.3 Å². The first-order valence-corrected chi connectivity index (χ1v) is 12.8. The molecule has 1 aliphatic carbocycles. The van der Waals surface area contributed by atoms with Crippen molar-refractivity contribution in [2.45, 2.75) is 23.8 Å². The molecule has 3 N–H and O–H groups in total. The number of aliphatic hydroxyl groups is 1. The van der Waals surface area contributed by atoms with Crippen molar-refractivity contribution in [3.8, 4) is 0 Å². The van der Waals surface area contributed by atoms with Crippen molar-refractivity contribution in [1.29, 1.82) is 0 Å². The Morgan fingerprint density at radius 2 is 1.97 bits per heavy atom. The summed E-state index contributed by atoms with van der Waals surface area (Å²) >= 11 is 0. The molecular weight excluding hydrogens is 488 g/mol. The molecule has 0 aromatic heterocycles. The smallest absolute Gasteiger partial charge is 0.347 e. The van der Waals surface area contributed by atoms with Crippen LogP contribution in [0.4, 0.5) is 0 Å². The Labute approximate surface area is 209 Å². The molecule has 1 amide bonds. The van der Waals surface area contributed by atoms with Crippen molar-refractivity contribution in [1.82, 2.24) is 14.5 Å². The number of fused-ring (bicyclic) bond motifs is 2. The van der Waals surface area contributed by atoms with Gasteiger partial charge in [0.25, 0.3) is 0 Å². The first-order valence-electron chi connectivity index (χ1n) is 11.4. The summed E-state index contributed by atoms with van der Waals surface area (Å²) in [4.78, 5) is 31.1. The second-order valence-electron chi connectivity index (χ2n) is 8.91. The lowest BCUT2D eigenvalue weighted by atomic mass is 9.75. The number of rotatable bonds is 8. The van der Waals surface area contributed by atoms with Gasteiger partial charge in [-0.15, -0.1) is 0 Å². The van der Waals surface area contributed by atoms with Gasteiger partial charge in [-0.25, -0.2) is 17.5 Å². The Balaban J connectivity index is 1.76. The number of hydrogen-bond acceptors (Lipinski definition) is 7. The molecule has 2 aliphatic heterocycles. The average molecular weight is 517 g/mol. The third-order valence-corrected chi connectivity index (χ3v) is 8.21. The number of carboxylic acid groups (broad SMARTS) is 1. The second kappa shape index (κ2) is 9.88. The van der Waals surface area contributed by atoms with E-state index in [-0.39, 0.29) is 29.7 Å². The van der Waals surface area contributed by atoms with Crippen molar-refractivity contribution in [2.75, 3.05) is 34.3 Å². The zero-order chi connectivity index (χ0) is 26.2. The van der Waals surface area contributed by atoms with E-state index in [2.05, 4.69) is 10.5 Å². The summed E-state index contributed by atoms with van der Waals surface area (Å²) in [5, 5.41) is 25.6. The van der Waals surface area contributed by atoms with Gasteiger partial charge in [0.15, 0.2) is 5.84 Å². The van der Waals surface area contributed by atoms with Crippen LogP contribution in [0.5, 0.6) is 0 Å². The van der Waals surface area contributed by atoms with Crippen LogP contribution in [-0.4, -0.2) is 85.9 Å². The number of benzene rings is 1. The zero-order valence-corrected chi connectivity index (χ0v) is 20.9. The van der Waals surface area contributed by atoms with Crippen LogP contribution in [0.1, 0.15) is 18.4 Å². The molecule has 2 heterocycles. The fourth-order valence-electron chi connectivity index (χ4n) is 4.47. The van der Waals surface area contributed by atoms with Crippen molar-refractivity contribution in [2.24, 2.45) is 11.1 Å². The topological polar surface area (TPSA) is 149 Å². The molecule has 1 unspecified atom stereocenters. The summed E-state index contributed by atoms with van der Waals surface area (Å²) in [6, 6.07) is 6.58. The lowest BCUT2D eigenvalue weighted by Crippen LogP contribution is -2.42. The van der Waals surface area contributed by atoms with Crippen molar-refractivity contribution in [3.63, 3.8) is 0 Å². The third-order valence-electron chi connectivity index (χ3n) is 6.38. The summed E-state index contributed by atoms with van der Waals surface area (Å²) in [7, 11) is 1.16. The number of amidine groups is 1. The van der Waals surface area contributed by atoms with Crippen LogP contribution in [0.2, 0.25) is 0 Å². The highest BCUT2D eigenvalue weighted by Crippen LogP contribution is 2.44. The number of oxime groups is 1. The minimum Gasteiger partial charge on any atom is -0.478 e. The minimum absolute atomic E-state index is 0.125. The van der Waals surface area contributed by atoms with Crippen LogP contribution < -0.4 is 5.32 Å². The van der Waals surface area contributed by atoms with E-state index in [1.54, 1.807) is 31.3 Å². The molecule has 192 valence electrons. The minimum atomic E-state index is -3.58. The maximum Gasteiger partial charge on any atom is 0.347 e. The first kappa shape index (κ1) is 25.6. The van der Waals surface area contributed by atoms with Crippen molar-refractivity contribution < 1.29 is 33.1 Å². The highest BCUT2D eigenvalue weighted by atomic mass is 32.2.